The molecule has 4 aromatic rings. The van der Waals surface area contributed by atoms with E-state index in [0.717, 1.165) is 64.6 Å². The van der Waals surface area contributed by atoms with Crippen LogP contribution in [0.5, 0.6) is 0 Å². The molecule has 0 saturated heterocycles. The number of imidazole rings is 1. The number of hydrogen-bond acceptors (Lipinski definition) is 4. The number of benzene rings is 2. The van der Waals surface area contributed by atoms with Gasteiger partial charge in [0, 0.05) is 23.1 Å². The molecule has 7 heteroatoms. The van der Waals surface area contributed by atoms with E-state index in [-0.39, 0.29) is 6.42 Å². The first kappa shape index (κ1) is 19.8. The number of aryl methyl sites for hydroxylation is 3. The number of Topliss-reactive ketones (excluding diaryl/α,β-unsaturated/α-hetero) is 1. The lowest BCUT2D eigenvalue weighted by Crippen LogP contribution is -2.09. The Kier molecular flexibility index (Phi) is 4.98. The maximum absolute atomic E-state index is 14.0. The molecular weight excluding hydrogens is 416 g/mol. The van der Waals surface area contributed by atoms with Crippen LogP contribution in [0.25, 0.3) is 16.4 Å². The van der Waals surface area contributed by atoms with Gasteiger partial charge in [-0.1, -0.05) is 24.3 Å². The molecule has 0 fully saturated rings. The first-order chi connectivity index (χ1) is 15.0. The second-order valence-corrected chi connectivity index (χ2v) is 8.79. The predicted octanol–water partition coefficient (Wildman–Crippen LogP) is 5.50. The number of halogens is 2. The van der Waals surface area contributed by atoms with Gasteiger partial charge in [0.05, 0.1) is 17.0 Å². The van der Waals surface area contributed by atoms with Crippen molar-refractivity contribution >= 4 is 17.1 Å². The summed E-state index contributed by atoms with van der Waals surface area (Å²) in [6.07, 6.45) is 6.46. The number of aromatic nitrogens is 3. The molecule has 5 rings (SSSR count). The molecule has 0 spiro atoms. The largest absolute Gasteiger partial charge is 0.294 e. The Morgan fingerprint density at radius 2 is 1.97 bits per heavy atom. The molecule has 4 nitrogen and oxygen atoms in total. The van der Waals surface area contributed by atoms with E-state index in [1.165, 1.54) is 10.9 Å². The highest BCUT2D eigenvalue weighted by atomic mass is 32.1. The number of carbonyl (C=O) groups is 1. The first-order valence-electron chi connectivity index (χ1n) is 10.1. The van der Waals surface area contributed by atoms with Crippen molar-refractivity contribution in [2.75, 3.05) is 0 Å². The molecule has 0 saturated carbocycles. The summed E-state index contributed by atoms with van der Waals surface area (Å²) in [6.45, 7) is 1.94. The third-order valence-electron chi connectivity index (χ3n) is 5.50. The van der Waals surface area contributed by atoms with Crippen molar-refractivity contribution in [1.29, 1.82) is 0 Å². The van der Waals surface area contributed by atoms with Gasteiger partial charge in [-0.05, 0) is 49.4 Å². The lowest BCUT2D eigenvalue weighted by atomic mass is 9.96. The van der Waals surface area contributed by atoms with E-state index in [9.17, 15) is 13.6 Å². The highest BCUT2D eigenvalue weighted by Crippen LogP contribution is 2.37. The highest BCUT2D eigenvalue weighted by molar-refractivity contribution is 7.14. The van der Waals surface area contributed by atoms with Crippen LogP contribution in [0.2, 0.25) is 0 Å². The topological polar surface area (TPSA) is 47.8 Å². The van der Waals surface area contributed by atoms with Gasteiger partial charge in [0.15, 0.2) is 10.9 Å². The molecule has 0 amide bonds. The molecule has 31 heavy (non-hydrogen) atoms. The van der Waals surface area contributed by atoms with Crippen LogP contribution >= 0.6 is 11.3 Å². The molecule has 0 unspecified atom stereocenters. The molecule has 0 bridgehead atoms. The van der Waals surface area contributed by atoms with Crippen LogP contribution in [-0.4, -0.2) is 20.3 Å². The smallest absolute Gasteiger partial charge is 0.195 e. The zero-order valence-electron chi connectivity index (χ0n) is 16.9. The molecule has 2 aromatic carbocycles. The minimum absolute atomic E-state index is 0.0470. The monoisotopic (exact) mass is 435 g/mol. The van der Waals surface area contributed by atoms with Crippen LogP contribution in [0.15, 0.2) is 48.9 Å². The van der Waals surface area contributed by atoms with Crippen molar-refractivity contribution < 1.29 is 13.6 Å². The third-order valence-corrected chi connectivity index (χ3v) is 6.63. The second-order valence-electron chi connectivity index (χ2n) is 7.73. The number of nitrogens with zero attached hydrogens (tertiary/aromatic N) is 3. The van der Waals surface area contributed by atoms with Crippen LogP contribution in [-0.2, 0) is 19.3 Å². The predicted molar refractivity (Wildman–Crippen MR) is 116 cm³/mol. The van der Waals surface area contributed by atoms with Gasteiger partial charge in [0.2, 0.25) is 0 Å². The quantitative estimate of drug-likeness (QED) is 0.398. The fourth-order valence-corrected chi connectivity index (χ4v) is 5.09. The van der Waals surface area contributed by atoms with Crippen LogP contribution in [0, 0.1) is 18.6 Å². The molecule has 0 radical (unpaired) electrons. The Balaban J connectivity index is 1.47. The summed E-state index contributed by atoms with van der Waals surface area (Å²) in [6, 6.07) is 9.27. The number of fused-ring (bicyclic) bond motifs is 3. The fourth-order valence-electron chi connectivity index (χ4n) is 4.03. The van der Waals surface area contributed by atoms with Crippen molar-refractivity contribution in [1.82, 2.24) is 14.5 Å². The molecule has 2 aromatic heterocycles. The summed E-state index contributed by atoms with van der Waals surface area (Å²) in [5.41, 5.74) is 4.34. The van der Waals surface area contributed by atoms with E-state index in [4.69, 9.17) is 4.98 Å². The van der Waals surface area contributed by atoms with Crippen molar-refractivity contribution in [3.05, 3.63) is 87.8 Å². The highest BCUT2D eigenvalue weighted by Gasteiger charge is 2.22. The Morgan fingerprint density at radius 1 is 1.16 bits per heavy atom. The Morgan fingerprint density at radius 3 is 2.71 bits per heavy atom. The van der Waals surface area contributed by atoms with Gasteiger partial charge in [-0.2, -0.15) is 0 Å². The van der Waals surface area contributed by atoms with Gasteiger partial charge in [-0.15, -0.1) is 11.3 Å². The lowest BCUT2D eigenvalue weighted by Gasteiger charge is -2.09. The summed E-state index contributed by atoms with van der Waals surface area (Å²) in [5, 5.41) is 0.882. The summed E-state index contributed by atoms with van der Waals surface area (Å²) in [7, 11) is 0. The molecule has 1 aliphatic rings. The van der Waals surface area contributed by atoms with Crippen LogP contribution in [0.4, 0.5) is 8.78 Å². The maximum atomic E-state index is 14.0. The van der Waals surface area contributed by atoms with E-state index >= 15 is 0 Å². The van der Waals surface area contributed by atoms with Gasteiger partial charge >= 0.3 is 0 Å². The Hall–Kier alpha value is -3.19. The average Bonchev–Trinajstić information content (AvgIpc) is 3.31. The molecule has 0 atom stereocenters. The average molecular weight is 435 g/mol. The summed E-state index contributed by atoms with van der Waals surface area (Å²) in [4.78, 5) is 22.9. The molecule has 156 valence electrons. The summed E-state index contributed by atoms with van der Waals surface area (Å²) >= 11 is 1.67. The first-order valence-corrected chi connectivity index (χ1v) is 10.9. The van der Waals surface area contributed by atoms with Gasteiger partial charge in [-0.3, -0.25) is 9.36 Å². The van der Waals surface area contributed by atoms with E-state index in [0.29, 0.717) is 0 Å². The Labute approximate surface area is 182 Å². The van der Waals surface area contributed by atoms with Crippen molar-refractivity contribution in [3.63, 3.8) is 0 Å². The summed E-state index contributed by atoms with van der Waals surface area (Å²) in [5.74, 6) is -2.21. The van der Waals surface area contributed by atoms with E-state index in [1.54, 1.807) is 17.7 Å². The number of carbonyl (C=O) groups excluding carboxylic acids is 1. The van der Waals surface area contributed by atoms with Gasteiger partial charge in [0.1, 0.15) is 18.0 Å². The molecule has 0 aliphatic heterocycles. The molecular formula is C24H19F2N3OS. The molecule has 1 aliphatic carbocycles. The van der Waals surface area contributed by atoms with Gasteiger partial charge < -0.3 is 0 Å². The van der Waals surface area contributed by atoms with Crippen molar-refractivity contribution in [3.8, 4) is 16.4 Å². The van der Waals surface area contributed by atoms with Crippen molar-refractivity contribution in [2.24, 2.45) is 0 Å². The molecule has 0 N–H and O–H groups in total. The lowest BCUT2D eigenvalue weighted by molar-refractivity contribution is 0.0985. The van der Waals surface area contributed by atoms with Crippen molar-refractivity contribution in [2.45, 2.75) is 32.6 Å². The standard InChI is InChI=1S/C24H19F2N3OS/c1-14-12-29(13-27-14)24-28-23-17-9-8-15(10-16(17)4-2-7-21(23)31-24)11-20(30)22-18(25)5-3-6-19(22)26/h3,5-6,8-10,12-13H,2,4,7,11H2,1H3. The van der Waals surface area contributed by atoms with Gasteiger partial charge in [-0.25, -0.2) is 18.7 Å². The zero-order chi connectivity index (χ0) is 21.5. The minimum Gasteiger partial charge on any atom is -0.294 e. The Bertz CT molecular complexity index is 1290. The second kappa shape index (κ2) is 7.81. The summed E-state index contributed by atoms with van der Waals surface area (Å²) < 4.78 is 29.9. The minimum atomic E-state index is -0.825. The number of hydrogen-bond donors (Lipinski definition) is 0. The fraction of sp³-hybridized carbons (Fsp3) is 0.208. The number of thiazole rings is 1. The normalized spacial score (nSPS) is 12.9. The van der Waals surface area contributed by atoms with Gasteiger partial charge in [0.25, 0.3) is 0 Å². The van der Waals surface area contributed by atoms with Crippen LogP contribution in [0.3, 0.4) is 0 Å². The van der Waals surface area contributed by atoms with Crippen LogP contribution < -0.4 is 0 Å². The molecule has 2 heterocycles. The van der Waals surface area contributed by atoms with E-state index < -0.39 is 23.0 Å². The maximum Gasteiger partial charge on any atom is 0.195 e. The number of ketones is 1. The van der Waals surface area contributed by atoms with Crippen LogP contribution in [0.1, 0.15) is 38.5 Å². The van der Waals surface area contributed by atoms with E-state index in [1.807, 2.05) is 35.9 Å². The van der Waals surface area contributed by atoms with E-state index in [2.05, 4.69) is 4.98 Å². The zero-order valence-corrected chi connectivity index (χ0v) is 17.7. The SMILES string of the molecule is Cc1cn(-c2nc3c(s2)CCCc2cc(CC(=O)c4c(F)cccc4F)ccc2-3)cn1. The number of rotatable bonds is 4. The third kappa shape index (κ3) is 3.70.